The Kier molecular flexibility index (Phi) is 3.36. The van der Waals surface area contributed by atoms with Crippen LogP contribution in [-0.2, 0) is 4.74 Å². The summed E-state index contributed by atoms with van der Waals surface area (Å²) in [5.74, 6) is 0. The first kappa shape index (κ1) is 11.0. The Labute approximate surface area is 82.3 Å². The fourth-order valence-corrected chi connectivity index (χ4v) is 2.64. The highest BCUT2D eigenvalue weighted by molar-refractivity contribution is 4.92. The van der Waals surface area contributed by atoms with Crippen molar-refractivity contribution < 1.29 is 4.74 Å². The molecule has 1 aliphatic rings. The Morgan fingerprint density at radius 1 is 1.31 bits per heavy atom. The van der Waals surface area contributed by atoms with E-state index in [-0.39, 0.29) is 5.54 Å². The molecule has 0 bridgehead atoms. The Bertz CT molecular complexity index is 160. The lowest BCUT2D eigenvalue weighted by Crippen LogP contribution is -2.49. The number of hydrogen-bond acceptors (Lipinski definition) is 2. The van der Waals surface area contributed by atoms with Gasteiger partial charge in [0.25, 0.3) is 0 Å². The van der Waals surface area contributed by atoms with E-state index in [2.05, 4.69) is 32.6 Å². The minimum Gasteiger partial charge on any atom is -0.383 e. The van der Waals surface area contributed by atoms with Gasteiger partial charge in [-0.25, -0.2) is 0 Å². The van der Waals surface area contributed by atoms with Crippen molar-refractivity contribution in [3.63, 3.8) is 0 Å². The van der Waals surface area contributed by atoms with Gasteiger partial charge in [-0.05, 0) is 40.5 Å². The summed E-state index contributed by atoms with van der Waals surface area (Å²) in [6, 6.07) is 1.33. The molecular weight excluding hydrogens is 162 g/mol. The van der Waals surface area contributed by atoms with E-state index in [1.807, 2.05) is 0 Å². The van der Waals surface area contributed by atoms with Crippen LogP contribution in [0.5, 0.6) is 0 Å². The predicted octanol–water partition coefficient (Wildman–Crippen LogP) is 2.28. The third-order valence-corrected chi connectivity index (χ3v) is 2.92. The molecule has 0 aromatic rings. The van der Waals surface area contributed by atoms with E-state index in [4.69, 9.17) is 4.74 Å². The maximum atomic E-state index is 5.26. The largest absolute Gasteiger partial charge is 0.383 e. The zero-order valence-corrected chi connectivity index (χ0v) is 9.63. The normalized spacial score (nSPS) is 31.2. The smallest absolute Gasteiger partial charge is 0.0618 e. The Morgan fingerprint density at radius 2 is 1.92 bits per heavy atom. The molecule has 13 heavy (non-hydrogen) atoms. The number of rotatable bonds is 2. The summed E-state index contributed by atoms with van der Waals surface area (Å²) < 4.78 is 5.26. The van der Waals surface area contributed by atoms with Crippen molar-refractivity contribution in [2.24, 2.45) is 0 Å². The van der Waals surface area contributed by atoms with E-state index in [1.165, 1.54) is 12.8 Å². The summed E-state index contributed by atoms with van der Waals surface area (Å²) in [4.78, 5) is 2.59. The van der Waals surface area contributed by atoms with Crippen molar-refractivity contribution in [2.45, 2.75) is 58.2 Å². The molecule has 2 nitrogen and oxygen atoms in total. The van der Waals surface area contributed by atoms with Crippen LogP contribution in [0.1, 0.15) is 40.5 Å². The van der Waals surface area contributed by atoms with E-state index in [1.54, 1.807) is 7.11 Å². The second kappa shape index (κ2) is 3.97. The van der Waals surface area contributed by atoms with Gasteiger partial charge in [-0.15, -0.1) is 0 Å². The molecule has 1 rings (SSSR count). The first-order valence-electron chi connectivity index (χ1n) is 5.24. The molecule has 0 spiro atoms. The molecule has 0 amide bonds. The maximum Gasteiger partial charge on any atom is 0.0618 e. The summed E-state index contributed by atoms with van der Waals surface area (Å²) in [6.07, 6.45) is 2.59. The molecular formula is C11H23NO. The van der Waals surface area contributed by atoms with Gasteiger partial charge >= 0.3 is 0 Å². The van der Waals surface area contributed by atoms with Crippen molar-refractivity contribution in [1.82, 2.24) is 4.90 Å². The summed E-state index contributed by atoms with van der Waals surface area (Å²) in [6.45, 7) is 10.1. The highest BCUT2D eigenvalue weighted by Gasteiger charge is 2.37. The van der Waals surface area contributed by atoms with Gasteiger partial charge < -0.3 is 4.74 Å². The first-order chi connectivity index (χ1) is 5.96. The average molecular weight is 185 g/mol. The van der Waals surface area contributed by atoms with Crippen LogP contribution < -0.4 is 0 Å². The van der Waals surface area contributed by atoms with Gasteiger partial charge in [0.15, 0.2) is 0 Å². The van der Waals surface area contributed by atoms with Crippen LogP contribution in [0.3, 0.4) is 0 Å². The SMILES string of the molecule is COCC1CCC(C)N1C(C)(C)C. The lowest BCUT2D eigenvalue weighted by atomic mass is 10.0. The van der Waals surface area contributed by atoms with Gasteiger partial charge in [-0.2, -0.15) is 0 Å². The summed E-state index contributed by atoms with van der Waals surface area (Å²) in [5, 5.41) is 0. The zero-order chi connectivity index (χ0) is 10.1. The molecule has 2 heteroatoms. The Hall–Kier alpha value is -0.0800. The lowest BCUT2D eigenvalue weighted by Gasteiger charge is -2.40. The van der Waals surface area contributed by atoms with E-state index < -0.39 is 0 Å². The predicted molar refractivity (Wildman–Crippen MR) is 56.0 cm³/mol. The van der Waals surface area contributed by atoms with Crippen LogP contribution in [0.4, 0.5) is 0 Å². The molecule has 2 atom stereocenters. The van der Waals surface area contributed by atoms with Gasteiger partial charge in [0, 0.05) is 24.7 Å². The molecule has 0 aromatic heterocycles. The molecule has 1 saturated heterocycles. The van der Waals surface area contributed by atoms with Gasteiger partial charge in [-0.3, -0.25) is 4.90 Å². The topological polar surface area (TPSA) is 12.5 Å². The molecule has 0 saturated carbocycles. The van der Waals surface area contributed by atoms with E-state index in [0.717, 1.165) is 6.61 Å². The first-order valence-corrected chi connectivity index (χ1v) is 5.24. The highest BCUT2D eigenvalue weighted by Crippen LogP contribution is 2.31. The zero-order valence-electron chi connectivity index (χ0n) is 9.63. The van der Waals surface area contributed by atoms with Gasteiger partial charge in [-0.1, -0.05) is 0 Å². The van der Waals surface area contributed by atoms with Crippen molar-refractivity contribution in [1.29, 1.82) is 0 Å². The lowest BCUT2D eigenvalue weighted by molar-refractivity contribution is 0.0374. The summed E-state index contributed by atoms with van der Waals surface area (Å²) in [5.41, 5.74) is 0.277. The van der Waals surface area contributed by atoms with Crippen LogP contribution in [0.25, 0.3) is 0 Å². The third-order valence-electron chi connectivity index (χ3n) is 2.92. The number of hydrogen-bond donors (Lipinski definition) is 0. The van der Waals surface area contributed by atoms with E-state index >= 15 is 0 Å². The van der Waals surface area contributed by atoms with Crippen LogP contribution >= 0.6 is 0 Å². The molecule has 1 heterocycles. The fourth-order valence-electron chi connectivity index (χ4n) is 2.64. The van der Waals surface area contributed by atoms with Crippen molar-refractivity contribution in [3.05, 3.63) is 0 Å². The Balaban J connectivity index is 2.65. The van der Waals surface area contributed by atoms with Crippen LogP contribution in [-0.4, -0.2) is 36.2 Å². The molecule has 0 N–H and O–H groups in total. The van der Waals surface area contributed by atoms with Gasteiger partial charge in [0.1, 0.15) is 0 Å². The van der Waals surface area contributed by atoms with Crippen LogP contribution in [0.2, 0.25) is 0 Å². The summed E-state index contributed by atoms with van der Waals surface area (Å²) in [7, 11) is 1.80. The second-order valence-electron chi connectivity index (χ2n) is 5.11. The highest BCUT2D eigenvalue weighted by atomic mass is 16.5. The molecule has 0 aromatic carbocycles. The standard InChI is InChI=1S/C11H23NO/c1-9-6-7-10(8-13-5)12(9)11(2,3)4/h9-10H,6-8H2,1-5H3. The van der Waals surface area contributed by atoms with Crippen LogP contribution in [0, 0.1) is 0 Å². The summed E-state index contributed by atoms with van der Waals surface area (Å²) >= 11 is 0. The monoisotopic (exact) mass is 185 g/mol. The van der Waals surface area contributed by atoms with Gasteiger partial charge in [0.2, 0.25) is 0 Å². The molecule has 1 aliphatic heterocycles. The quantitative estimate of drug-likeness (QED) is 0.654. The minimum absolute atomic E-state index is 0.277. The average Bonchev–Trinajstić information content (AvgIpc) is 2.31. The molecule has 0 radical (unpaired) electrons. The maximum absolute atomic E-state index is 5.26. The number of nitrogens with zero attached hydrogens (tertiary/aromatic N) is 1. The third kappa shape index (κ3) is 2.44. The van der Waals surface area contributed by atoms with Crippen molar-refractivity contribution in [2.75, 3.05) is 13.7 Å². The minimum atomic E-state index is 0.277. The molecule has 0 aliphatic carbocycles. The van der Waals surface area contributed by atoms with E-state index in [9.17, 15) is 0 Å². The second-order valence-corrected chi connectivity index (χ2v) is 5.11. The van der Waals surface area contributed by atoms with Crippen molar-refractivity contribution in [3.8, 4) is 0 Å². The number of methoxy groups -OCH3 is 1. The Morgan fingerprint density at radius 3 is 2.38 bits per heavy atom. The van der Waals surface area contributed by atoms with E-state index in [0.29, 0.717) is 12.1 Å². The molecule has 1 fully saturated rings. The molecule has 2 unspecified atom stereocenters. The fraction of sp³-hybridized carbons (Fsp3) is 1.00. The number of ether oxygens (including phenoxy) is 1. The number of likely N-dealkylation sites (tertiary alicyclic amines) is 1. The van der Waals surface area contributed by atoms with Crippen molar-refractivity contribution >= 4 is 0 Å². The van der Waals surface area contributed by atoms with Gasteiger partial charge in [0.05, 0.1) is 6.61 Å². The molecule has 78 valence electrons. The van der Waals surface area contributed by atoms with Crippen LogP contribution in [0.15, 0.2) is 0 Å².